The normalized spacial score (nSPS) is 17.6. The molecule has 2 aromatic rings. The first-order valence-electron chi connectivity index (χ1n) is 9.57. The van der Waals surface area contributed by atoms with E-state index in [-0.39, 0.29) is 11.7 Å². The topological polar surface area (TPSA) is 169 Å². The number of nitrogens with one attached hydrogen (secondary N) is 1. The van der Waals surface area contributed by atoms with Crippen LogP contribution in [0.5, 0.6) is 0 Å². The molecule has 186 valence electrons. The number of sulfone groups is 1. The van der Waals surface area contributed by atoms with Crippen molar-refractivity contribution in [2.24, 2.45) is 0 Å². The van der Waals surface area contributed by atoms with Crippen LogP contribution in [0.4, 0.5) is 30.8 Å². The van der Waals surface area contributed by atoms with Gasteiger partial charge in [0.2, 0.25) is 11.9 Å². The number of carboxylic acid groups (broad SMARTS) is 1. The Morgan fingerprint density at radius 1 is 1.26 bits per heavy atom. The predicted molar refractivity (Wildman–Crippen MR) is 114 cm³/mol. The molecule has 0 radical (unpaired) electrons. The summed E-state index contributed by atoms with van der Waals surface area (Å²) in [6.07, 6.45) is -1.10. The van der Waals surface area contributed by atoms with Gasteiger partial charge in [0.25, 0.3) is 5.69 Å². The predicted octanol–water partition coefficient (Wildman–Crippen LogP) is 2.04. The second kappa shape index (κ2) is 10.6. The first kappa shape index (κ1) is 26.7. The van der Waals surface area contributed by atoms with Crippen LogP contribution >= 0.6 is 0 Å². The van der Waals surface area contributed by atoms with Crippen LogP contribution in [0.15, 0.2) is 30.6 Å². The molecule has 2 atom stereocenters. The van der Waals surface area contributed by atoms with Crippen LogP contribution in [0, 0.1) is 10.1 Å². The molecule has 2 N–H and O–H groups in total. The summed E-state index contributed by atoms with van der Waals surface area (Å²) in [5.41, 5.74) is 0.906. The fraction of sp³-hybridized carbons (Fsp3) is 0.444. The molecule has 1 heterocycles. The number of non-ortho nitro benzene ring substituents is 1. The second-order valence-electron chi connectivity index (χ2n) is 7.39. The molecule has 1 fully saturated rings. The minimum atomic E-state index is -5.08. The quantitative estimate of drug-likeness (QED) is 0.416. The smallest absolute Gasteiger partial charge is 0.475 e. The van der Waals surface area contributed by atoms with Crippen molar-refractivity contribution in [1.82, 2.24) is 15.0 Å². The molecular formula is C18H21F3N6O6S. The molecule has 34 heavy (non-hydrogen) atoms. The van der Waals surface area contributed by atoms with Crippen LogP contribution in [0.25, 0.3) is 0 Å². The van der Waals surface area contributed by atoms with Crippen molar-refractivity contribution in [1.29, 1.82) is 0 Å². The Balaban J connectivity index is 0.000000509. The lowest BCUT2D eigenvalue weighted by molar-refractivity contribution is -0.384. The van der Waals surface area contributed by atoms with E-state index in [1.807, 2.05) is 0 Å². The van der Waals surface area contributed by atoms with E-state index in [0.717, 1.165) is 12.0 Å². The lowest BCUT2D eigenvalue weighted by atomic mass is 9.92. The van der Waals surface area contributed by atoms with Gasteiger partial charge in [0, 0.05) is 38.0 Å². The van der Waals surface area contributed by atoms with Gasteiger partial charge in [-0.1, -0.05) is 12.1 Å². The molecule has 0 unspecified atom stereocenters. The van der Waals surface area contributed by atoms with E-state index >= 15 is 0 Å². The molecule has 1 saturated carbocycles. The standard InChI is InChI=1S/C16H20N6O4S.C2HF3O2/c1-21(9-11-3-5-12(6-4-11)22(23)24)16-18-10-17-15(20-16)19-13-7-8-14(13)27(2,25)26;3-2(4,5)1(6)7/h3-6,10,13-14H,7-9H2,1-2H3,(H,17,18,19,20);(H,6,7)/t13-,14-;/m1./s1. The summed E-state index contributed by atoms with van der Waals surface area (Å²) in [6.45, 7) is 0.455. The number of benzene rings is 1. The zero-order valence-electron chi connectivity index (χ0n) is 17.9. The summed E-state index contributed by atoms with van der Waals surface area (Å²) < 4.78 is 55.2. The molecule has 0 saturated heterocycles. The van der Waals surface area contributed by atoms with Crippen molar-refractivity contribution in [2.45, 2.75) is 36.9 Å². The fourth-order valence-electron chi connectivity index (χ4n) is 2.92. The van der Waals surface area contributed by atoms with Gasteiger partial charge in [0.15, 0.2) is 9.84 Å². The Morgan fingerprint density at radius 2 is 1.85 bits per heavy atom. The van der Waals surface area contributed by atoms with Crippen molar-refractivity contribution < 1.29 is 36.4 Å². The summed E-state index contributed by atoms with van der Waals surface area (Å²) in [6, 6.07) is 6.06. The van der Waals surface area contributed by atoms with Crippen molar-refractivity contribution in [3.8, 4) is 0 Å². The van der Waals surface area contributed by atoms with Crippen LogP contribution in [0.2, 0.25) is 0 Å². The highest BCUT2D eigenvalue weighted by atomic mass is 32.2. The number of nitro benzene ring substituents is 1. The maximum Gasteiger partial charge on any atom is 0.490 e. The molecule has 0 amide bonds. The Kier molecular flexibility index (Phi) is 8.31. The summed E-state index contributed by atoms with van der Waals surface area (Å²) in [4.78, 5) is 33.5. The summed E-state index contributed by atoms with van der Waals surface area (Å²) in [5.74, 6) is -2.01. The lowest BCUT2D eigenvalue weighted by Gasteiger charge is -2.35. The van der Waals surface area contributed by atoms with Gasteiger partial charge < -0.3 is 15.3 Å². The summed E-state index contributed by atoms with van der Waals surface area (Å²) >= 11 is 0. The number of halogens is 3. The van der Waals surface area contributed by atoms with Gasteiger partial charge in [-0.05, 0) is 18.4 Å². The number of aromatic nitrogens is 3. The van der Waals surface area contributed by atoms with Crippen LogP contribution in [0.1, 0.15) is 18.4 Å². The van der Waals surface area contributed by atoms with E-state index in [1.54, 1.807) is 24.1 Å². The van der Waals surface area contributed by atoms with E-state index in [2.05, 4.69) is 20.3 Å². The minimum absolute atomic E-state index is 0.0361. The van der Waals surface area contributed by atoms with Crippen LogP contribution in [-0.4, -0.2) is 70.1 Å². The van der Waals surface area contributed by atoms with Gasteiger partial charge in [0.1, 0.15) is 6.33 Å². The second-order valence-corrected chi connectivity index (χ2v) is 9.65. The lowest BCUT2D eigenvalue weighted by Crippen LogP contribution is -2.47. The van der Waals surface area contributed by atoms with Crippen molar-refractivity contribution in [2.75, 3.05) is 23.5 Å². The number of nitrogens with zero attached hydrogens (tertiary/aromatic N) is 5. The van der Waals surface area contributed by atoms with E-state index in [0.29, 0.717) is 24.9 Å². The highest BCUT2D eigenvalue weighted by molar-refractivity contribution is 7.91. The molecule has 1 aromatic carbocycles. The number of anilines is 2. The molecular weight excluding hydrogens is 485 g/mol. The Labute approximate surface area is 191 Å². The van der Waals surface area contributed by atoms with Gasteiger partial charge >= 0.3 is 12.1 Å². The van der Waals surface area contributed by atoms with Crippen molar-refractivity contribution >= 4 is 33.4 Å². The Bertz CT molecular complexity index is 1130. The third-order valence-corrected chi connectivity index (χ3v) is 6.45. The average molecular weight is 506 g/mol. The van der Waals surface area contributed by atoms with Crippen molar-refractivity contribution in [3.05, 3.63) is 46.3 Å². The molecule has 0 spiro atoms. The largest absolute Gasteiger partial charge is 0.490 e. The number of rotatable bonds is 7. The molecule has 12 nitrogen and oxygen atoms in total. The number of nitro groups is 1. The highest BCUT2D eigenvalue weighted by Gasteiger charge is 2.39. The average Bonchev–Trinajstić information content (AvgIpc) is 2.70. The fourth-order valence-corrected chi connectivity index (χ4v) is 4.29. The highest BCUT2D eigenvalue weighted by Crippen LogP contribution is 2.29. The molecule has 1 aliphatic rings. The Hall–Kier alpha value is -3.56. The zero-order valence-corrected chi connectivity index (χ0v) is 18.7. The summed E-state index contributed by atoms with van der Waals surface area (Å²) in [5, 5.41) is 20.5. The number of carbonyl (C=O) groups is 1. The summed E-state index contributed by atoms with van der Waals surface area (Å²) in [7, 11) is -1.31. The third kappa shape index (κ3) is 7.50. The van der Waals surface area contributed by atoms with E-state index < -0.39 is 32.2 Å². The number of aliphatic carboxylic acids is 1. The van der Waals surface area contributed by atoms with Gasteiger partial charge in [0.05, 0.1) is 10.2 Å². The van der Waals surface area contributed by atoms with Crippen LogP contribution in [0.3, 0.4) is 0 Å². The monoisotopic (exact) mass is 506 g/mol. The molecule has 1 aliphatic carbocycles. The first-order valence-corrected chi connectivity index (χ1v) is 11.5. The van der Waals surface area contributed by atoms with E-state index in [1.165, 1.54) is 24.7 Å². The molecule has 3 rings (SSSR count). The number of carboxylic acids is 1. The molecule has 16 heteroatoms. The van der Waals surface area contributed by atoms with Crippen LogP contribution < -0.4 is 10.2 Å². The maximum absolute atomic E-state index is 11.7. The van der Waals surface area contributed by atoms with E-state index in [9.17, 15) is 31.7 Å². The molecule has 0 aliphatic heterocycles. The molecule has 0 bridgehead atoms. The van der Waals surface area contributed by atoms with E-state index in [4.69, 9.17) is 9.90 Å². The van der Waals surface area contributed by atoms with Crippen LogP contribution in [-0.2, 0) is 21.2 Å². The number of alkyl halides is 3. The zero-order chi connectivity index (χ0) is 25.7. The van der Waals surface area contributed by atoms with Crippen molar-refractivity contribution in [3.63, 3.8) is 0 Å². The van der Waals surface area contributed by atoms with Gasteiger partial charge in [-0.3, -0.25) is 10.1 Å². The Morgan fingerprint density at radius 3 is 2.29 bits per heavy atom. The molecule has 1 aromatic heterocycles. The number of hydrogen-bond donors (Lipinski definition) is 2. The van der Waals surface area contributed by atoms with Gasteiger partial charge in [-0.15, -0.1) is 0 Å². The minimum Gasteiger partial charge on any atom is -0.475 e. The van der Waals surface area contributed by atoms with Gasteiger partial charge in [-0.25, -0.2) is 23.2 Å². The third-order valence-electron chi connectivity index (χ3n) is 4.79. The SMILES string of the molecule is CN(Cc1ccc([N+](=O)[O-])cc1)c1ncnc(N[C@@H]2CC[C@H]2S(C)(=O)=O)n1.O=C(O)C(F)(F)F. The maximum atomic E-state index is 11.7. The van der Waals surface area contributed by atoms with Gasteiger partial charge in [-0.2, -0.15) is 18.2 Å². The number of hydrogen-bond acceptors (Lipinski definition) is 10. The first-order chi connectivity index (χ1) is 15.7.